The van der Waals surface area contributed by atoms with Crippen LogP contribution in [0, 0.1) is 12.7 Å². The summed E-state index contributed by atoms with van der Waals surface area (Å²) < 4.78 is 17.7. The van der Waals surface area contributed by atoms with Crippen LogP contribution in [0.4, 0.5) is 10.1 Å². The number of halogens is 1. The molecule has 1 aromatic heterocycles. The summed E-state index contributed by atoms with van der Waals surface area (Å²) in [5.41, 5.74) is 0.395. The Morgan fingerprint density at radius 3 is 3.00 bits per heavy atom. The highest BCUT2D eigenvalue weighted by atomic mass is 19.1. The van der Waals surface area contributed by atoms with Gasteiger partial charge in [-0.15, -0.1) is 0 Å². The molecule has 0 atom stereocenters. The fourth-order valence-corrected chi connectivity index (χ4v) is 1.32. The second-order valence-electron chi connectivity index (χ2n) is 3.47. The van der Waals surface area contributed by atoms with E-state index in [1.807, 2.05) is 0 Å². The van der Waals surface area contributed by atoms with Crippen LogP contribution in [0.3, 0.4) is 0 Å². The molecule has 17 heavy (non-hydrogen) atoms. The van der Waals surface area contributed by atoms with Crippen LogP contribution in [-0.2, 0) is 11.2 Å². The molecule has 2 aromatic rings. The summed E-state index contributed by atoms with van der Waals surface area (Å²) in [4.78, 5) is 15.4. The van der Waals surface area contributed by atoms with Crippen LogP contribution in [-0.4, -0.2) is 16.0 Å². The first kappa shape index (κ1) is 11.3. The Kier molecular flexibility index (Phi) is 3.13. The van der Waals surface area contributed by atoms with Crippen molar-refractivity contribution in [2.24, 2.45) is 0 Å². The summed E-state index contributed by atoms with van der Waals surface area (Å²) in [5.74, 6) is -0.0364. The number of benzene rings is 1. The SMILES string of the molecule is Cc1noc(CC(=O)Nc2cccc(F)c2)n1. The van der Waals surface area contributed by atoms with Crippen LogP contribution in [0.2, 0.25) is 0 Å². The summed E-state index contributed by atoms with van der Waals surface area (Å²) in [6.07, 6.45) is -0.0304. The number of carbonyl (C=O) groups is 1. The maximum absolute atomic E-state index is 12.9. The minimum absolute atomic E-state index is 0.0304. The largest absolute Gasteiger partial charge is 0.339 e. The highest BCUT2D eigenvalue weighted by molar-refractivity contribution is 5.91. The van der Waals surface area contributed by atoms with Crippen LogP contribution in [0.1, 0.15) is 11.7 Å². The van der Waals surface area contributed by atoms with Crippen molar-refractivity contribution in [1.29, 1.82) is 0 Å². The highest BCUT2D eigenvalue weighted by Gasteiger charge is 2.09. The van der Waals surface area contributed by atoms with Crippen LogP contribution >= 0.6 is 0 Å². The molecule has 1 aromatic carbocycles. The van der Waals surface area contributed by atoms with Gasteiger partial charge in [0.2, 0.25) is 11.8 Å². The monoisotopic (exact) mass is 235 g/mol. The van der Waals surface area contributed by atoms with Gasteiger partial charge in [0.05, 0.1) is 0 Å². The number of amides is 1. The smallest absolute Gasteiger partial charge is 0.236 e. The fraction of sp³-hybridized carbons (Fsp3) is 0.182. The van der Waals surface area contributed by atoms with Gasteiger partial charge in [0.25, 0.3) is 0 Å². The molecule has 0 saturated heterocycles. The van der Waals surface area contributed by atoms with Crippen molar-refractivity contribution >= 4 is 11.6 Å². The van der Waals surface area contributed by atoms with Crippen LogP contribution < -0.4 is 5.32 Å². The number of aryl methyl sites for hydroxylation is 1. The average molecular weight is 235 g/mol. The molecule has 0 aliphatic rings. The van der Waals surface area contributed by atoms with Crippen molar-refractivity contribution in [3.05, 3.63) is 41.8 Å². The van der Waals surface area contributed by atoms with Crippen molar-refractivity contribution in [2.45, 2.75) is 13.3 Å². The molecule has 1 N–H and O–H groups in total. The first-order valence-corrected chi connectivity index (χ1v) is 4.98. The molecule has 5 nitrogen and oxygen atoms in total. The van der Waals surface area contributed by atoms with E-state index < -0.39 is 5.82 Å². The summed E-state index contributed by atoms with van der Waals surface area (Å²) in [6.45, 7) is 1.66. The first-order valence-electron chi connectivity index (χ1n) is 4.98. The maximum Gasteiger partial charge on any atom is 0.236 e. The van der Waals surface area contributed by atoms with Gasteiger partial charge in [0.15, 0.2) is 5.82 Å². The van der Waals surface area contributed by atoms with Gasteiger partial charge in [-0.25, -0.2) is 4.39 Å². The summed E-state index contributed by atoms with van der Waals surface area (Å²) in [7, 11) is 0. The zero-order chi connectivity index (χ0) is 12.3. The van der Waals surface area contributed by atoms with E-state index in [1.54, 1.807) is 13.0 Å². The van der Waals surface area contributed by atoms with Gasteiger partial charge >= 0.3 is 0 Å². The van der Waals surface area contributed by atoms with E-state index in [4.69, 9.17) is 4.52 Å². The molecule has 1 amide bonds. The predicted molar refractivity (Wildman–Crippen MR) is 57.8 cm³/mol. The van der Waals surface area contributed by atoms with Crippen LogP contribution in [0.5, 0.6) is 0 Å². The molecule has 0 saturated carbocycles. The van der Waals surface area contributed by atoms with Crippen molar-refractivity contribution in [3.63, 3.8) is 0 Å². The average Bonchev–Trinajstić information content (AvgIpc) is 2.63. The minimum atomic E-state index is -0.406. The lowest BCUT2D eigenvalue weighted by Crippen LogP contribution is -2.14. The number of carbonyl (C=O) groups excluding carboxylic acids is 1. The third kappa shape index (κ3) is 3.10. The fourth-order valence-electron chi connectivity index (χ4n) is 1.32. The van der Waals surface area contributed by atoms with E-state index >= 15 is 0 Å². The Morgan fingerprint density at radius 2 is 2.35 bits per heavy atom. The number of nitrogens with one attached hydrogen (secondary N) is 1. The molecule has 0 unspecified atom stereocenters. The second kappa shape index (κ2) is 4.73. The topological polar surface area (TPSA) is 68.0 Å². The molecular formula is C11H10FN3O2. The Hall–Kier alpha value is -2.24. The molecule has 88 valence electrons. The summed E-state index contributed by atoms with van der Waals surface area (Å²) >= 11 is 0. The van der Waals surface area contributed by atoms with Gasteiger partial charge in [-0.3, -0.25) is 4.79 Å². The quantitative estimate of drug-likeness (QED) is 0.879. The van der Waals surface area contributed by atoms with E-state index in [0.29, 0.717) is 11.5 Å². The Morgan fingerprint density at radius 1 is 1.53 bits per heavy atom. The number of aromatic nitrogens is 2. The second-order valence-corrected chi connectivity index (χ2v) is 3.47. The van der Waals surface area contributed by atoms with E-state index in [0.717, 1.165) is 0 Å². The van der Waals surface area contributed by atoms with Crippen LogP contribution in [0.25, 0.3) is 0 Å². The van der Waals surface area contributed by atoms with Gasteiger partial charge in [0, 0.05) is 5.69 Å². The third-order valence-corrected chi connectivity index (χ3v) is 1.99. The Labute approximate surface area is 96.6 Å². The van der Waals surface area contributed by atoms with Crippen LogP contribution in [0.15, 0.2) is 28.8 Å². The molecule has 0 radical (unpaired) electrons. The van der Waals surface area contributed by atoms with E-state index in [2.05, 4.69) is 15.5 Å². The van der Waals surface area contributed by atoms with Gasteiger partial charge in [-0.05, 0) is 25.1 Å². The summed E-state index contributed by atoms with van der Waals surface area (Å²) in [6, 6.07) is 5.65. The minimum Gasteiger partial charge on any atom is -0.339 e. The highest BCUT2D eigenvalue weighted by Crippen LogP contribution is 2.09. The molecule has 0 aliphatic carbocycles. The van der Waals surface area contributed by atoms with Crippen molar-refractivity contribution < 1.29 is 13.7 Å². The van der Waals surface area contributed by atoms with Gasteiger partial charge in [-0.2, -0.15) is 4.98 Å². The van der Waals surface area contributed by atoms with Gasteiger partial charge < -0.3 is 9.84 Å². The molecule has 0 spiro atoms. The first-order chi connectivity index (χ1) is 8.13. The number of hydrogen-bond acceptors (Lipinski definition) is 4. The number of nitrogens with zero attached hydrogens (tertiary/aromatic N) is 2. The lowest BCUT2D eigenvalue weighted by atomic mass is 10.3. The predicted octanol–water partition coefficient (Wildman–Crippen LogP) is 1.70. The zero-order valence-electron chi connectivity index (χ0n) is 9.11. The standard InChI is InChI=1S/C11H10FN3O2/c1-7-13-11(17-15-7)6-10(16)14-9-4-2-3-8(12)5-9/h2-5H,6H2,1H3,(H,14,16). The lowest BCUT2D eigenvalue weighted by Gasteiger charge is -2.02. The number of anilines is 1. The van der Waals surface area contributed by atoms with E-state index in [-0.39, 0.29) is 18.2 Å². The number of rotatable bonds is 3. The molecule has 0 fully saturated rings. The molecule has 0 aliphatic heterocycles. The molecule has 6 heteroatoms. The maximum atomic E-state index is 12.9. The Bertz CT molecular complexity index is 539. The number of hydrogen-bond donors (Lipinski definition) is 1. The van der Waals surface area contributed by atoms with Crippen molar-refractivity contribution in [3.8, 4) is 0 Å². The van der Waals surface area contributed by atoms with Crippen molar-refractivity contribution in [1.82, 2.24) is 10.1 Å². The van der Waals surface area contributed by atoms with Crippen molar-refractivity contribution in [2.75, 3.05) is 5.32 Å². The molecular weight excluding hydrogens is 225 g/mol. The lowest BCUT2D eigenvalue weighted by molar-refractivity contribution is -0.115. The summed E-state index contributed by atoms with van der Waals surface area (Å²) in [5, 5.41) is 6.10. The van der Waals surface area contributed by atoms with E-state index in [9.17, 15) is 9.18 Å². The molecule has 0 bridgehead atoms. The third-order valence-electron chi connectivity index (χ3n) is 1.99. The molecule has 1 heterocycles. The normalized spacial score (nSPS) is 10.2. The molecule has 2 rings (SSSR count). The Balaban J connectivity index is 1.98. The zero-order valence-corrected chi connectivity index (χ0v) is 9.11. The van der Waals surface area contributed by atoms with Gasteiger partial charge in [0.1, 0.15) is 12.2 Å². The van der Waals surface area contributed by atoms with Gasteiger partial charge in [-0.1, -0.05) is 11.2 Å². The van der Waals surface area contributed by atoms with E-state index in [1.165, 1.54) is 18.2 Å².